The molecule has 0 aliphatic carbocycles. The van der Waals surface area contributed by atoms with Gasteiger partial charge in [-0.05, 0) is 47.8 Å². The van der Waals surface area contributed by atoms with Gasteiger partial charge in [0, 0.05) is 44.2 Å². The molecule has 1 aromatic carbocycles. The molecule has 0 spiro atoms. The molecule has 1 unspecified atom stereocenters. The summed E-state index contributed by atoms with van der Waals surface area (Å²) in [6, 6.07) is 3.13. The third kappa shape index (κ3) is 4.23. The fraction of sp³-hybridized carbons (Fsp3) is 0.375. The molecule has 0 bridgehead atoms. The number of allylic oxidation sites excluding steroid dienone is 4. The summed E-state index contributed by atoms with van der Waals surface area (Å²) in [5.41, 5.74) is 3.27. The molecule has 1 atom stereocenters. The Morgan fingerprint density at radius 2 is 1.84 bits per heavy atom. The first-order valence-electron chi connectivity index (χ1n) is 10.5. The minimum absolute atomic E-state index is 0.0306. The largest absolute Gasteiger partial charge is 0.493 e. The van der Waals surface area contributed by atoms with Gasteiger partial charge in [0.2, 0.25) is 0 Å². The highest BCUT2D eigenvalue weighted by Crippen LogP contribution is 2.37. The number of amides is 1. The summed E-state index contributed by atoms with van der Waals surface area (Å²) in [4.78, 5) is 17.2. The van der Waals surface area contributed by atoms with Crippen LogP contribution in [0.15, 0.2) is 54.0 Å². The molecule has 3 heterocycles. The SMILES string of the molecule is COc1cc(C2=CC(=O)N3C=C(N4CCNCC4)C=CC3=CCC2C)cc(F)c1OC. The lowest BCUT2D eigenvalue weighted by molar-refractivity contribution is -0.122. The maximum atomic E-state index is 14.6. The molecule has 3 aliphatic heterocycles. The minimum atomic E-state index is -0.516. The van der Waals surface area contributed by atoms with E-state index < -0.39 is 5.82 Å². The number of methoxy groups -OCH3 is 2. The molecule has 0 radical (unpaired) electrons. The van der Waals surface area contributed by atoms with Crippen molar-refractivity contribution in [2.45, 2.75) is 13.3 Å². The highest BCUT2D eigenvalue weighted by atomic mass is 19.1. The number of hydrogen-bond acceptors (Lipinski definition) is 5. The Bertz CT molecular complexity index is 990. The number of hydrogen-bond donors (Lipinski definition) is 1. The van der Waals surface area contributed by atoms with E-state index in [1.807, 2.05) is 19.2 Å². The summed E-state index contributed by atoms with van der Waals surface area (Å²) in [5.74, 6) is -0.276. The van der Waals surface area contributed by atoms with E-state index in [0.29, 0.717) is 11.3 Å². The van der Waals surface area contributed by atoms with E-state index in [2.05, 4.69) is 22.4 Å². The van der Waals surface area contributed by atoms with E-state index >= 15 is 0 Å². The van der Waals surface area contributed by atoms with Crippen LogP contribution in [0.1, 0.15) is 18.9 Å². The lowest BCUT2D eigenvalue weighted by Gasteiger charge is -2.34. The average molecular weight is 426 g/mol. The zero-order chi connectivity index (χ0) is 22.0. The van der Waals surface area contributed by atoms with Crippen LogP contribution in [0.25, 0.3) is 5.57 Å². The fourth-order valence-electron chi connectivity index (χ4n) is 4.19. The Balaban J connectivity index is 1.69. The molecule has 6 nitrogen and oxygen atoms in total. The maximum absolute atomic E-state index is 14.6. The smallest absolute Gasteiger partial charge is 0.255 e. The van der Waals surface area contributed by atoms with Crippen LogP contribution in [0.4, 0.5) is 4.39 Å². The topological polar surface area (TPSA) is 54.0 Å². The van der Waals surface area contributed by atoms with Crippen LogP contribution in [-0.4, -0.2) is 56.1 Å². The number of piperazine rings is 1. The summed E-state index contributed by atoms with van der Waals surface area (Å²) < 4.78 is 25.0. The van der Waals surface area contributed by atoms with Gasteiger partial charge < -0.3 is 19.7 Å². The summed E-state index contributed by atoms with van der Waals surface area (Å²) in [6.45, 7) is 5.69. The van der Waals surface area contributed by atoms with Gasteiger partial charge in [0.05, 0.1) is 19.9 Å². The monoisotopic (exact) mass is 425 g/mol. The van der Waals surface area contributed by atoms with Crippen molar-refractivity contribution in [1.29, 1.82) is 0 Å². The number of rotatable bonds is 4. The average Bonchev–Trinajstić information content (AvgIpc) is 2.79. The summed E-state index contributed by atoms with van der Waals surface area (Å²) >= 11 is 0. The second-order valence-corrected chi connectivity index (χ2v) is 7.89. The molecule has 1 aromatic rings. The first-order chi connectivity index (χ1) is 15.0. The van der Waals surface area contributed by atoms with E-state index in [4.69, 9.17) is 9.47 Å². The van der Waals surface area contributed by atoms with Crippen LogP contribution in [0, 0.1) is 11.7 Å². The standard InChI is InChI=1S/C24H28FN3O3/c1-16-4-5-18-6-7-19(27-10-8-26-9-11-27)15-28(18)23(29)14-20(16)17-12-21(25)24(31-3)22(13-17)30-2/h5-7,12-16,26H,4,8-11H2,1-3H3. The van der Waals surface area contributed by atoms with Gasteiger partial charge in [-0.25, -0.2) is 4.39 Å². The molecule has 1 fully saturated rings. The van der Waals surface area contributed by atoms with Gasteiger partial charge in [-0.2, -0.15) is 0 Å². The molecule has 7 heteroatoms. The zero-order valence-electron chi connectivity index (χ0n) is 18.2. The highest BCUT2D eigenvalue weighted by Gasteiger charge is 2.25. The third-order valence-corrected chi connectivity index (χ3v) is 5.94. The van der Waals surface area contributed by atoms with Crippen molar-refractivity contribution < 1.29 is 18.7 Å². The second-order valence-electron chi connectivity index (χ2n) is 7.89. The molecule has 1 N–H and O–H groups in total. The van der Waals surface area contributed by atoms with Crippen LogP contribution >= 0.6 is 0 Å². The Labute approximate surface area is 182 Å². The maximum Gasteiger partial charge on any atom is 0.255 e. The molecule has 0 aromatic heterocycles. The number of carbonyl (C=O) groups excluding carboxylic acids is 1. The number of benzene rings is 1. The normalized spacial score (nSPS) is 21.5. The van der Waals surface area contributed by atoms with Crippen LogP contribution in [0.2, 0.25) is 0 Å². The van der Waals surface area contributed by atoms with Crippen LogP contribution < -0.4 is 14.8 Å². The zero-order valence-corrected chi connectivity index (χ0v) is 18.2. The van der Waals surface area contributed by atoms with Gasteiger partial charge in [0.15, 0.2) is 17.3 Å². The van der Waals surface area contributed by atoms with Crippen molar-refractivity contribution in [3.05, 3.63) is 65.4 Å². The molecule has 4 rings (SSSR count). The van der Waals surface area contributed by atoms with Gasteiger partial charge >= 0.3 is 0 Å². The van der Waals surface area contributed by atoms with Gasteiger partial charge in [0.25, 0.3) is 5.91 Å². The first kappa shape index (κ1) is 21.2. The molecule has 164 valence electrons. The van der Waals surface area contributed by atoms with E-state index in [1.54, 1.807) is 17.0 Å². The lowest BCUT2D eigenvalue weighted by Crippen LogP contribution is -2.43. The number of fused-ring (bicyclic) bond motifs is 1. The molecule has 3 aliphatic rings. The van der Waals surface area contributed by atoms with Crippen LogP contribution in [0.3, 0.4) is 0 Å². The van der Waals surface area contributed by atoms with Crippen molar-refractivity contribution in [3.63, 3.8) is 0 Å². The quantitative estimate of drug-likeness (QED) is 0.802. The number of nitrogens with one attached hydrogen (secondary N) is 1. The first-order valence-corrected chi connectivity index (χ1v) is 10.5. The Morgan fingerprint density at radius 1 is 1.10 bits per heavy atom. The van der Waals surface area contributed by atoms with Crippen molar-refractivity contribution in [1.82, 2.24) is 15.1 Å². The summed E-state index contributed by atoms with van der Waals surface area (Å²) in [5, 5.41) is 3.34. The Kier molecular flexibility index (Phi) is 6.13. The molecular formula is C24H28FN3O3. The van der Waals surface area contributed by atoms with E-state index in [1.165, 1.54) is 20.3 Å². The van der Waals surface area contributed by atoms with Crippen molar-refractivity contribution in [2.24, 2.45) is 5.92 Å². The number of ether oxygens (including phenoxy) is 2. The van der Waals surface area contributed by atoms with Gasteiger partial charge in [-0.15, -0.1) is 0 Å². The Hall–Kier alpha value is -3.06. The van der Waals surface area contributed by atoms with Gasteiger partial charge in [0.1, 0.15) is 0 Å². The lowest BCUT2D eigenvalue weighted by atomic mass is 9.89. The van der Waals surface area contributed by atoms with E-state index in [9.17, 15) is 9.18 Å². The van der Waals surface area contributed by atoms with Crippen LogP contribution in [-0.2, 0) is 4.79 Å². The van der Waals surface area contributed by atoms with Crippen molar-refractivity contribution >= 4 is 11.5 Å². The van der Waals surface area contributed by atoms with Gasteiger partial charge in [-0.3, -0.25) is 9.69 Å². The predicted octanol–water partition coefficient (Wildman–Crippen LogP) is 3.30. The van der Waals surface area contributed by atoms with Crippen molar-refractivity contribution in [2.75, 3.05) is 40.4 Å². The molecule has 0 saturated carbocycles. The number of carbonyl (C=O) groups is 1. The number of halogens is 1. The Morgan fingerprint density at radius 3 is 2.55 bits per heavy atom. The minimum Gasteiger partial charge on any atom is -0.493 e. The second kappa shape index (κ2) is 8.98. The van der Waals surface area contributed by atoms with E-state index in [-0.39, 0.29) is 17.6 Å². The van der Waals surface area contributed by atoms with E-state index in [0.717, 1.165) is 49.6 Å². The van der Waals surface area contributed by atoms with Gasteiger partial charge in [-0.1, -0.05) is 13.0 Å². The predicted molar refractivity (Wildman–Crippen MR) is 118 cm³/mol. The summed E-state index contributed by atoms with van der Waals surface area (Å²) in [7, 11) is 2.88. The third-order valence-electron chi connectivity index (χ3n) is 5.94. The molecule has 1 saturated heterocycles. The molecule has 31 heavy (non-hydrogen) atoms. The number of nitrogens with zero attached hydrogens (tertiary/aromatic N) is 2. The van der Waals surface area contributed by atoms with Crippen LogP contribution in [0.5, 0.6) is 11.5 Å². The van der Waals surface area contributed by atoms with Crippen molar-refractivity contribution in [3.8, 4) is 11.5 Å². The molecular weight excluding hydrogens is 397 g/mol. The highest BCUT2D eigenvalue weighted by molar-refractivity contribution is 5.98. The summed E-state index contributed by atoms with van der Waals surface area (Å²) in [6.07, 6.45) is 10.4. The fourth-order valence-corrected chi connectivity index (χ4v) is 4.19. The molecule has 1 amide bonds.